The molecule has 6 amide bonds. The van der Waals surface area contributed by atoms with Crippen LogP contribution in [0.1, 0.15) is 101 Å². The summed E-state index contributed by atoms with van der Waals surface area (Å²) in [6.07, 6.45) is 1.22. The lowest BCUT2D eigenvalue weighted by Gasteiger charge is -2.29. The molecule has 0 aliphatic carbocycles. The second kappa shape index (κ2) is 21.2. The Kier molecular flexibility index (Phi) is 19.5. The van der Waals surface area contributed by atoms with Crippen molar-refractivity contribution in [2.75, 3.05) is 0 Å². The van der Waals surface area contributed by atoms with Crippen molar-refractivity contribution in [2.45, 2.75) is 137 Å². The number of primary amides is 1. The largest absolute Gasteiger partial charge is 0.480 e. The molecule has 10 N–H and O–H groups in total. The van der Waals surface area contributed by atoms with Gasteiger partial charge >= 0.3 is 5.97 Å². The van der Waals surface area contributed by atoms with Crippen molar-refractivity contribution in [3.05, 3.63) is 0 Å². The third-order valence-electron chi connectivity index (χ3n) is 8.08. The van der Waals surface area contributed by atoms with E-state index in [-0.39, 0.29) is 42.9 Å². The molecule has 0 aliphatic heterocycles. The molecule has 0 saturated heterocycles. The summed E-state index contributed by atoms with van der Waals surface area (Å²) in [5, 5.41) is 22.4. The Bertz CT molecular complexity index is 1080. The number of hydrogen-bond acceptors (Lipinski definition) is 8. The molecule has 0 aromatic carbocycles. The Morgan fingerprint density at radius 2 is 1.04 bits per heavy atom. The molecular weight excluding hydrogens is 610 g/mol. The molecule has 15 heteroatoms. The maximum absolute atomic E-state index is 13.6. The highest BCUT2D eigenvalue weighted by Gasteiger charge is 2.34. The molecule has 0 heterocycles. The lowest BCUT2D eigenvalue weighted by molar-refractivity contribution is -0.142. The number of aliphatic carboxylic acids is 1. The normalized spacial score (nSPS) is 16.4. The van der Waals surface area contributed by atoms with E-state index < -0.39 is 77.7 Å². The van der Waals surface area contributed by atoms with Gasteiger partial charge in [0.05, 0.1) is 6.04 Å². The van der Waals surface area contributed by atoms with Gasteiger partial charge in [-0.05, 0) is 49.9 Å². The average Bonchev–Trinajstić information content (AvgIpc) is 2.98. The summed E-state index contributed by atoms with van der Waals surface area (Å²) in [7, 11) is 0. The van der Waals surface area contributed by atoms with Gasteiger partial charge in [-0.3, -0.25) is 28.8 Å². The fraction of sp³-hybridized carbons (Fsp3) is 0.781. The highest BCUT2D eigenvalue weighted by Crippen LogP contribution is 2.13. The van der Waals surface area contributed by atoms with Crippen LogP contribution in [0.3, 0.4) is 0 Å². The number of carboxylic acids is 1. The van der Waals surface area contributed by atoms with E-state index in [4.69, 9.17) is 11.5 Å². The van der Waals surface area contributed by atoms with E-state index in [9.17, 15) is 38.7 Å². The number of carboxylic acid groups (broad SMARTS) is 1. The minimum absolute atomic E-state index is 0.0284. The molecule has 0 aromatic heterocycles. The highest BCUT2D eigenvalue weighted by atomic mass is 16.4. The Morgan fingerprint density at radius 1 is 0.596 bits per heavy atom. The summed E-state index contributed by atoms with van der Waals surface area (Å²) in [6, 6.07) is -6.46. The van der Waals surface area contributed by atoms with Crippen LogP contribution in [0, 0.1) is 23.7 Å². The molecule has 8 atom stereocenters. The topological polar surface area (TPSA) is 252 Å². The van der Waals surface area contributed by atoms with Gasteiger partial charge in [0, 0.05) is 6.42 Å². The van der Waals surface area contributed by atoms with E-state index >= 15 is 0 Å². The van der Waals surface area contributed by atoms with Crippen molar-refractivity contribution >= 4 is 41.4 Å². The fourth-order valence-electron chi connectivity index (χ4n) is 4.62. The molecule has 0 aliphatic rings. The van der Waals surface area contributed by atoms with Crippen LogP contribution >= 0.6 is 0 Å². The van der Waals surface area contributed by atoms with E-state index in [2.05, 4.69) is 26.6 Å². The summed E-state index contributed by atoms with van der Waals surface area (Å²) in [4.78, 5) is 88.6. The molecule has 0 radical (unpaired) electrons. The number of nitrogens with two attached hydrogens (primary N) is 2. The number of carbonyl (C=O) groups excluding carboxylic acids is 6. The van der Waals surface area contributed by atoms with E-state index in [1.54, 1.807) is 6.92 Å². The summed E-state index contributed by atoms with van der Waals surface area (Å²) < 4.78 is 0. The predicted octanol–water partition coefficient (Wildman–Crippen LogP) is 0.292. The van der Waals surface area contributed by atoms with E-state index in [1.165, 1.54) is 6.92 Å². The van der Waals surface area contributed by atoms with Gasteiger partial charge in [0.15, 0.2) is 0 Å². The molecule has 47 heavy (non-hydrogen) atoms. The summed E-state index contributed by atoms with van der Waals surface area (Å²) in [6.45, 7) is 16.2. The van der Waals surface area contributed by atoms with E-state index in [0.29, 0.717) is 19.3 Å². The quantitative estimate of drug-likeness (QED) is 0.0787. The molecule has 0 spiro atoms. The third-order valence-corrected chi connectivity index (χ3v) is 8.08. The smallest absolute Gasteiger partial charge is 0.326 e. The second-order valence-electron chi connectivity index (χ2n) is 13.3. The SMILES string of the molecule is CCC(C)C(N)C(=O)NC(CC(C)C)C(=O)NC(CC(C)C)C(=O)NC(C(=O)NC(C)C(=O)NC(CCC(N)=O)C(=O)O)C(C)CC. The zero-order valence-electron chi connectivity index (χ0n) is 29.5. The Labute approximate surface area is 278 Å². The first-order valence-corrected chi connectivity index (χ1v) is 16.5. The first kappa shape index (κ1) is 43.2. The maximum atomic E-state index is 13.6. The molecular formula is C32H59N7O8. The van der Waals surface area contributed by atoms with Crippen LogP contribution in [0.25, 0.3) is 0 Å². The summed E-state index contributed by atoms with van der Waals surface area (Å²) in [5.41, 5.74) is 11.2. The van der Waals surface area contributed by atoms with E-state index in [0.717, 1.165) is 0 Å². The molecule has 0 rings (SSSR count). The summed E-state index contributed by atoms with van der Waals surface area (Å²) in [5.74, 6) is -5.69. The number of rotatable bonds is 22. The first-order chi connectivity index (χ1) is 21.7. The van der Waals surface area contributed by atoms with Gasteiger partial charge in [-0.15, -0.1) is 0 Å². The predicted molar refractivity (Wildman–Crippen MR) is 177 cm³/mol. The van der Waals surface area contributed by atoms with Crippen LogP contribution in [0.2, 0.25) is 0 Å². The molecule has 270 valence electrons. The number of carbonyl (C=O) groups is 7. The molecule has 0 aromatic rings. The standard InChI is InChI=1S/C32H59N7O8/c1-10-18(7)25(34)30(44)38-22(14-16(3)4)28(42)37-23(15-17(5)6)29(43)39-26(19(8)11-2)31(45)35-20(9)27(41)36-21(32(46)47)12-13-24(33)40/h16-23,25-26H,10-15,34H2,1-9H3,(H2,33,40)(H,35,45)(H,36,41)(H,37,42)(H,38,44)(H,39,43)(H,46,47). The van der Waals surface area contributed by atoms with Crippen LogP contribution < -0.4 is 38.1 Å². The molecule has 8 unspecified atom stereocenters. The van der Waals surface area contributed by atoms with Crippen molar-refractivity contribution in [3.63, 3.8) is 0 Å². The summed E-state index contributed by atoms with van der Waals surface area (Å²) >= 11 is 0. The van der Waals surface area contributed by atoms with Crippen LogP contribution in [-0.4, -0.2) is 82.8 Å². The molecule has 0 fully saturated rings. The van der Waals surface area contributed by atoms with Gasteiger partial charge in [0.1, 0.15) is 30.2 Å². The van der Waals surface area contributed by atoms with Crippen LogP contribution in [0.4, 0.5) is 0 Å². The van der Waals surface area contributed by atoms with Crippen LogP contribution in [-0.2, 0) is 33.6 Å². The van der Waals surface area contributed by atoms with Gasteiger partial charge in [-0.1, -0.05) is 68.2 Å². The van der Waals surface area contributed by atoms with Crippen molar-refractivity contribution < 1.29 is 38.7 Å². The molecule has 15 nitrogen and oxygen atoms in total. The zero-order valence-corrected chi connectivity index (χ0v) is 29.5. The molecule has 0 bridgehead atoms. The van der Waals surface area contributed by atoms with E-state index in [1.807, 2.05) is 48.5 Å². The molecule has 0 saturated carbocycles. The Balaban J connectivity index is 5.89. The number of nitrogens with one attached hydrogen (secondary N) is 5. The number of hydrogen-bond donors (Lipinski definition) is 8. The monoisotopic (exact) mass is 669 g/mol. The lowest BCUT2D eigenvalue weighted by Crippen LogP contribution is -2.60. The van der Waals surface area contributed by atoms with Crippen molar-refractivity contribution in [1.82, 2.24) is 26.6 Å². The van der Waals surface area contributed by atoms with Crippen molar-refractivity contribution in [1.29, 1.82) is 0 Å². The highest BCUT2D eigenvalue weighted by molar-refractivity contribution is 5.96. The van der Waals surface area contributed by atoms with Gasteiger partial charge in [0.2, 0.25) is 35.4 Å². The fourth-order valence-corrected chi connectivity index (χ4v) is 4.62. The van der Waals surface area contributed by atoms with Gasteiger partial charge < -0.3 is 43.2 Å². The van der Waals surface area contributed by atoms with Crippen molar-refractivity contribution in [3.8, 4) is 0 Å². The van der Waals surface area contributed by atoms with Crippen LogP contribution in [0.5, 0.6) is 0 Å². The Morgan fingerprint density at radius 3 is 1.47 bits per heavy atom. The average molecular weight is 670 g/mol. The van der Waals surface area contributed by atoms with Gasteiger partial charge in [0.25, 0.3) is 0 Å². The van der Waals surface area contributed by atoms with Crippen molar-refractivity contribution in [2.24, 2.45) is 35.1 Å². The number of amides is 6. The second-order valence-corrected chi connectivity index (χ2v) is 13.3. The van der Waals surface area contributed by atoms with Crippen LogP contribution in [0.15, 0.2) is 0 Å². The van der Waals surface area contributed by atoms with Gasteiger partial charge in [-0.25, -0.2) is 4.79 Å². The lowest BCUT2D eigenvalue weighted by atomic mass is 9.95. The minimum atomic E-state index is -1.39. The maximum Gasteiger partial charge on any atom is 0.326 e. The minimum Gasteiger partial charge on any atom is -0.480 e. The third kappa shape index (κ3) is 16.1. The Hall–Kier alpha value is -3.75. The zero-order chi connectivity index (χ0) is 36.6. The first-order valence-electron chi connectivity index (χ1n) is 16.5. The van der Waals surface area contributed by atoms with Gasteiger partial charge in [-0.2, -0.15) is 0 Å².